The molecular weight excluding hydrogens is 310 g/mol. The Hall–Kier alpha value is -2.31. The molecule has 0 aliphatic carbocycles. The minimum atomic E-state index is -0.503. The van der Waals surface area contributed by atoms with Crippen molar-refractivity contribution in [3.05, 3.63) is 24.2 Å². The van der Waals surface area contributed by atoms with Gasteiger partial charge in [0.25, 0.3) is 5.91 Å². The Morgan fingerprint density at radius 1 is 1.46 bits per heavy atom. The van der Waals surface area contributed by atoms with Crippen molar-refractivity contribution >= 4 is 17.7 Å². The van der Waals surface area contributed by atoms with Gasteiger partial charge in [0.15, 0.2) is 5.76 Å². The van der Waals surface area contributed by atoms with Gasteiger partial charge in [-0.3, -0.25) is 14.4 Å². The van der Waals surface area contributed by atoms with Gasteiger partial charge in [0.1, 0.15) is 12.1 Å². The quantitative estimate of drug-likeness (QED) is 0.857. The summed E-state index contributed by atoms with van der Waals surface area (Å²) in [7, 11) is 0. The largest absolute Gasteiger partial charge is 0.459 e. The van der Waals surface area contributed by atoms with Crippen LogP contribution in [-0.2, 0) is 9.59 Å². The highest BCUT2D eigenvalue weighted by molar-refractivity contribution is 5.97. The predicted octanol–water partition coefficient (Wildman–Crippen LogP) is 0.913. The number of amides is 3. The number of hydrogen-bond acceptors (Lipinski definition) is 4. The molecule has 2 fully saturated rings. The first-order valence-corrected chi connectivity index (χ1v) is 8.41. The van der Waals surface area contributed by atoms with Crippen LogP contribution in [0.2, 0.25) is 0 Å². The molecule has 1 aromatic rings. The zero-order valence-corrected chi connectivity index (χ0v) is 14.0. The number of fused-ring (bicyclic) bond motifs is 1. The third-order valence-electron chi connectivity index (χ3n) is 4.59. The molecule has 24 heavy (non-hydrogen) atoms. The number of rotatable bonds is 4. The van der Waals surface area contributed by atoms with Crippen molar-refractivity contribution < 1.29 is 18.8 Å². The molecule has 0 radical (unpaired) electrons. The van der Waals surface area contributed by atoms with E-state index in [1.807, 2.05) is 13.8 Å². The van der Waals surface area contributed by atoms with E-state index in [-0.39, 0.29) is 29.5 Å². The fourth-order valence-corrected chi connectivity index (χ4v) is 3.43. The zero-order valence-electron chi connectivity index (χ0n) is 14.0. The van der Waals surface area contributed by atoms with Crippen LogP contribution >= 0.6 is 0 Å². The second kappa shape index (κ2) is 6.67. The molecule has 2 saturated heterocycles. The molecule has 1 aromatic heterocycles. The number of piperazine rings is 1. The van der Waals surface area contributed by atoms with Crippen LogP contribution in [0.5, 0.6) is 0 Å². The monoisotopic (exact) mass is 333 g/mol. The van der Waals surface area contributed by atoms with E-state index >= 15 is 0 Å². The molecule has 0 saturated carbocycles. The van der Waals surface area contributed by atoms with Gasteiger partial charge in [-0.05, 0) is 37.3 Å². The van der Waals surface area contributed by atoms with Crippen LogP contribution in [0.4, 0.5) is 0 Å². The van der Waals surface area contributed by atoms with Gasteiger partial charge in [0.2, 0.25) is 11.8 Å². The fraction of sp³-hybridized carbons (Fsp3) is 0.588. The highest BCUT2D eigenvalue weighted by Gasteiger charge is 2.44. The van der Waals surface area contributed by atoms with Crippen LogP contribution in [0.3, 0.4) is 0 Å². The minimum Gasteiger partial charge on any atom is -0.459 e. The van der Waals surface area contributed by atoms with E-state index in [0.29, 0.717) is 31.7 Å². The SMILES string of the molecule is CC(C)CC1NC(=O)C2CC(NC(=O)c3ccco3)CCN2C1=O. The van der Waals surface area contributed by atoms with Gasteiger partial charge < -0.3 is 20.0 Å². The number of carbonyl (C=O) groups excluding carboxylic acids is 3. The van der Waals surface area contributed by atoms with E-state index in [9.17, 15) is 14.4 Å². The van der Waals surface area contributed by atoms with E-state index in [0.717, 1.165) is 0 Å². The molecule has 7 nitrogen and oxygen atoms in total. The number of nitrogens with one attached hydrogen (secondary N) is 2. The molecule has 3 heterocycles. The van der Waals surface area contributed by atoms with Gasteiger partial charge in [-0.1, -0.05) is 13.8 Å². The summed E-state index contributed by atoms with van der Waals surface area (Å²) in [6.07, 6.45) is 3.15. The number of furan rings is 1. The second-order valence-electron chi connectivity index (χ2n) is 6.91. The van der Waals surface area contributed by atoms with Crippen molar-refractivity contribution in [3.8, 4) is 0 Å². The minimum absolute atomic E-state index is 0.0101. The molecular formula is C17H23N3O4. The maximum Gasteiger partial charge on any atom is 0.287 e. The van der Waals surface area contributed by atoms with Gasteiger partial charge in [-0.2, -0.15) is 0 Å². The lowest BCUT2D eigenvalue weighted by molar-refractivity contribution is -0.152. The standard InChI is InChI=1S/C17H23N3O4/c1-10(2)8-12-17(23)20-6-5-11(9-13(20)15(21)19-12)18-16(22)14-4-3-7-24-14/h3-4,7,10-13H,5-6,8-9H2,1-2H3,(H,18,22)(H,19,21). The molecule has 7 heteroatoms. The molecule has 0 bridgehead atoms. The van der Waals surface area contributed by atoms with E-state index < -0.39 is 12.1 Å². The number of hydrogen-bond donors (Lipinski definition) is 2. The first-order valence-electron chi connectivity index (χ1n) is 8.41. The highest BCUT2D eigenvalue weighted by atomic mass is 16.3. The summed E-state index contributed by atoms with van der Waals surface area (Å²) >= 11 is 0. The van der Waals surface area contributed by atoms with Crippen molar-refractivity contribution in [3.63, 3.8) is 0 Å². The van der Waals surface area contributed by atoms with Crippen molar-refractivity contribution in [1.29, 1.82) is 0 Å². The maximum atomic E-state index is 12.6. The lowest BCUT2D eigenvalue weighted by Crippen LogP contribution is -2.67. The van der Waals surface area contributed by atoms with E-state index in [1.54, 1.807) is 17.0 Å². The fourth-order valence-electron chi connectivity index (χ4n) is 3.43. The van der Waals surface area contributed by atoms with Crippen molar-refractivity contribution in [2.45, 2.75) is 51.2 Å². The Labute approximate surface area is 140 Å². The molecule has 0 aromatic carbocycles. The predicted molar refractivity (Wildman–Crippen MR) is 86.1 cm³/mol. The summed E-state index contributed by atoms with van der Waals surface area (Å²) < 4.78 is 5.08. The van der Waals surface area contributed by atoms with Gasteiger partial charge >= 0.3 is 0 Å². The summed E-state index contributed by atoms with van der Waals surface area (Å²) in [5.74, 6) is 0.152. The smallest absolute Gasteiger partial charge is 0.287 e. The number of nitrogens with zero attached hydrogens (tertiary/aromatic N) is 1. The number of piperidine rings is 1. The van der Waals surface area contributed by atoms with Crippen LogP contribution in [0, 0.1) is 5.92 Å². The van der Waals surface area contributed by atoms with Gasteiger partial charge in [0.05, 0.1) is 6.26 Å². The molecule has 130 valence electrons. The Balaban J connectivity index is 1.63. The third kappa shape index (κ3) is 3.29. The Bertz CT molecular complexity index is 626. The normalized spacial score (nSPS) is 27.0. The van der Waals surface area contributed by atoms with Gasteiger partial charge in [0, 0.05) is 12.6 Å². The average molecular weight is 333 g/mol. The van der Waals surface area contributed by atoms with Gasteiger partial charge in [-0.15, -0.1) is 0 Å². The Morgan fingerprint density at radius 3 is 2.92 bits per heavy atom. The summed E-state index contributed by atoms with van der Waals surface area (Å²) in [5, 5.41) is 5.72. The first-order chi connectivity index (χ1) is 11.5. The average Bonchev–Trinajstić information content (AvgIpc) is 3.06. The molecule has 3 atom stereocenters. The summed E-state index contributed by atoms with van der Waals surface area (Å²) in [4.78, 5) is 38.7. The van der Waals surface area contributed by atoms with Crippen LogP contribution in [-0.4, -0.2) is 47.3 Å². The molecule has 2 aliphatic heterocycles. The van der Waals surface area contributed by atoms with Gasteiger partial charge in [-0.25, -0.2) is 0 Å². The Kier molecular flexibility index (Phi) is 4.59. The molecule has 0 spiro atoms. The summed E-state index contributed by atoms with van der Waals surface area (Å²) in [6.45, 7) is 4.54. The summed E-state index contributed by atoms with van der Waals surface area (Å²) in [6, 6.07) is 2.17. The van der Waals surface area contributed by atoms with E-state index in [1.165, 1.54) is 6.26 Å². The maximum absolute atomic E-state index is 12.6. The molecule has 2 aliphatic rings. The van der Waals surface area contributed by atoms with Crippen LogP contribution in [0.25, 0.3) is 0 Å². The van der Waals surface area contributed by atoms with Crippen LogP contribution in [0.15, 0.2) is 22.8 Å². The van der Waals surface area contributed by atoms with E-state index in [2.05, 4.69) is 10.6 Å². The highest BCUT2D eigenvalue weighted by Crippen LogP contribution is 2.24. The second-order valence-corrected chi connectivity index (χ2v) is 6.91. The van der Waals surface area contributed by atoms with Crippen LogP contribution < -0.4 is 10.6 Å². The zero-order chi connectivity index (χ0) is 17.3. The van der Waals surface area contributed by atoms with Crippen molar-refractivity contribution in [2.75, 3.05) is 6.54 Å². The molecule has 3 unspecified atom stereocenters. The molecule has 2 N–H and O–H groups in total. The molecule has 3 amide bonds. The van der Waals surface area contributed by atoms with E-state index in [4.69, 9.17) is 4.42 Å². The topological polar surface area (TPSA) is 91.7 Å². The Morgan fingerprint density at radius 2 is 2.25 bits per heavy atom. The first kappa shape index (κ1) is 16.5. The van der Waals surface area contributed by atoms with Crippen molar-refractivity contribution in [2.24, 2.45) is 5.92 Å². The number of carbonyl (C=O) groups is 3. The molecule has 3 rings (SSSR count). The van der Waals surface area contributed by atoms with Crippen molar-refractivity contribution in [1.82, 2.24) is 15.5 Å². The lowest BCUT2D eigenvalue weighted by Gasteiger charge is -2.44. The third-order valence-corrected chi connectivity index (χ3v) is 4.59. The summed E-state index contributed by atoms with van der Waals surface area (Å²) in [5.41, 5.74) is 0. The van der Waals surface area contributed by atoms with Crippen LogP contribution in [0.1, 0.15) is 43.7 Å². The lowest BCUT2D eigenvalue weighted by atomic mass is 9.91.